The van der Waals surface area contributed by atoms with Gasteiger partial charge in [-0.2, -0.15) is 0 Å². The molecule has 0 aliphatic rings. The van der Waals surface area contributed by atoms with Crippen molar-refractivity contribution in [2.75, 3.05) is 0 Å². The lowest BCUT2D eigenvalue weighted by molar-refractivity contribution is 0.0690. The quantitative estimate of drug-likeness (QED) is 0.786. The van der Waals surface area contributed by atoms with Gasteiger partial charge in [-0.25, -0.2) is 9.78 Å². The molecule has 0 aliphatic carbocycles. The number of carboxylic acids is 1. The van der Waals surface area contributed by atoms with Crippen LogP contribution in [0.5, 0.6) is 5.75 Å². The fourth-order valence-corrected chi connectivity index (χ4v) is 1.08. The molecule has 1 rings (SSSR count). The van der Waals surface area contributed by atoms with E-state index in [9.17, 15) is 4.79 Å². The maximum Gasteiger partial charge on any atom is 0.354 e. The Hall–Kier alpha value is -1.29. The van der Waals surface area contributed by atoms with Gasteiger partial charge in [0.2, 0.25) is 0 Å². The number of carbonyl (C=O) groups is 1. The predicted molar refractivity (Wildman–Crippen MR) is 52.0 cm³/mol. The summed E-state index contributed by atoms with van der Waals surface area (Å²) in [6.07, 6.45) is -0.0232. The van der Waals surface area contributed by atoms with Crippen molar-refractivity contribution in [2.24, 2.45) is 0 Å². The number of halogens is 1. The number of rotatable bonds is 3. The Labute approximate surface area is 86.5 Å². The molecule has 14 heavy (non-hydrogen) atoms. The Bertz CT molecular complexity index is 352. The molecule has 0 aromatic carbocycles. The number of ether oxygens (including phenoxy) is 1. The maximum atomic E-state index is 10.5. The Balaban J connectivity index is 2.95. The fourth-order valence-electron chi connectivity index (χ4n) is 0.882. The van der Waals surface area contributed by atoms with Gasteiger partial charge in [0.1, 0.15) is 5.69 Å². The van der Waals surface area contributed by atoms with Gasteiger partial charge in [0.25, 0.3) is 0 Å². The minimum atomic E-state index is -1.11. The van der Waals surface area contributed by atoms with Gasteiger partial charge in [0.05, 0.1) is 6.10 Å². The molecular weight excluding hydrogens is 206 g/mol. The summed E-state index contributed by atoms with van der Waals surface area (Å²) in [5.41, 5.74) is -0.0916. The smallest absolute Gasteiger partial charge is 0.354 e. The summed E-state index contributed by atoms with van der Waals surface area (Å²) in [4.78, 5) is 14.2. The number of hydrogen-bond acceptors (Lipinski definition) is 3. The molecule has 0 radical (unpaired) electrons. The first-order chi connectivity index (χ1) is 6.50. The first kappa shape index (κ1) is 10.8. The zero-order chi connectivity index (χ0) is 10.7. The molecule has 0 fully saturated rings. The van der Waals surface area contributed by atoms with E-state index in [1.165, 1.54) is 12.1 Å². The summed E-state index contributed by atoms with van der Waals surface area (Å²) in [6.45, 7) is 3.70. The standard InChI is InChI=1S/C9H10ClNO3/c1-5(2)14-7-4-3-6(9(12)13)11-8(7)10/h3-5H,1-2H3,(H,12,13). The van der Waals surface area contributed by atoms with E-state index in [1.807, 2.05) is 13.8 Å². The van der Waals surface area contributed by atoms with E-state index < -0.39 is 5.97 Å². The van der Waals surface area contributed by atoms with Crippen LogP contribution in [0.4, 0.5) is 0 Å². The predicted octanol–water partition coefficient (Wildman–Crippen LogP) is 2.22. The van der Waals surface area contributed by atoms with E-state index in [0.717, 1.165) is 0 Å². The summed E-state index contributed by atoms with van der Waals surface area (Å²) in [7, 11) is 0. The van der Waals surface area contributed by atoms with Crippen molar-refractivity contribution in [1.29, 1.82) is 0 Å². The molecule has 0 amide bonds. The third kappa shape index (κ3) is 2.60. The van der Waals surface area contributed by atoms with Crippen molar-refractivity contribution in [3.8, 4) is 5.75 Å². The summed E-state index contributed by atoms with van der Waals surface area (Å²) in [6, 6.07) is 2.85. The number of pyridine rings is 1. The number of aromatic carboxylic acids is 1. The molecule has 0 atom stereocenters. The van der Waals surface area contributed by atoms with Gasteiger partial charge in [-0.1, -0.05) is 11.6 Å². The third-order valence-corrected chi connectivity index (χ3v) is 1.67. The molecule has 1 aromatic rings. The molecule has 0 bridgehead atoms. The van der Waals surface area contributed by atoms with Crippen LogP contribution < -0.4 is 4.74 Å². The monoisotopic (exact) mass is 215 g/mol. The lowest BCUT2D eigenvalue weighted by atomic mass is 10.3. The van der Waals surface area contributed by atoms with Crippen LogP contribution in [-0.4, -0.2) is 22.2 Å². The van der Waals surface area contributed by atoms with Crippen molar-refractivity contribution < 1.29 is 14.6 Å². The molecule has 0 unspecified atom stereocenters. The van der Waals surface area contributed by atoms with Crippen molar-refractivity contribution in [3.05, 3.63) is 23.0 Å². The zero-order valence-electron chi connectivity index (χ0n) is 7.82. The highest BCUT2D eigenvalue weighted by Crippen LogP contribution is 2.23. The van der Waals surface area contributed by atoms with Gasteiger partial charge in [-0.05, 0) is 26.0 Å². The summed E-state index contributed by atoms with van der Waals surface area (Å²) >= 11 is 5.72. The van der Waals surface area contributed by atoms with Gasteiger partial charge >= 0.3 is 5.97 Å². The minimum absolute atomic E-state index is 0.0232. The van der Waals surface area contributed by atoms with Crippen LogP contribution in [0.1, 0.15) is 24.3 Å². The van der Waals surface area contributed by atoms with Crippen LogP contribution in [0.15, 0.2) is 12.1 Å². The minimum Gasteiger partial charge on any atom is -0.488 e. The molecule has 0 saturated carbocycles. The van der Waals surface area contributed by atoms with Crippen LogP contribution in [-0.2, 0) is 0 Å². The first-order valence-electron chi connectivity index (χ1n) is 4.07. The van der Waals surface area contributed by atoms with Crippen LogP contribution in [0.25, 0.3) is 0 Å². The number of nitrogens with zero attached hydrogens (tertiary/aromatic N) is 1. The Morgan fingerprint density at radius 1 is 1.57 bits per heavy atom. The molecule has 76 valence electrons. The van der Waals surface area contributed by atoms with Crippen molar-refractivity contribution in [3.63, 3.8) is 0 Å². The summed E-state index contributed by atoms with van der Waals surface area (Å²) in [5, 5.41) is 8.69. The molecule has 1 aromatic heterocycles. The molecule has 1 N–H and O–H groups in total. The van der Waals surface area contributed by atoms with Crippen molar-refractivity contribution in [1.82, 2.24) is 4.98 Å². The maximum absolute atomic E-state index is 10.5. The van der Waals surface area contributed by atoms with E-state index in [4.69, 9.17) is 21.4 Å². The summed E-state index contributed by atoms with van der Waals surface area (Å²) in [5.74, 6) is -0.713. The average molecular weight is 216 g/mol. The lowest BCUT2D eigenvalue weighted by Gasteiger charge is -2.10. The van der Waals surface area contributed by atoms with Crippen molar-refractivity contribution >= 4 is 17.6 Å². The molecule has 5 heteroatoms. The van der Waals surface area contributed by atoms with E-state index in [-0.39, 0.29) is 17.0 Å². The van der Waals surface area contributed by atoms with Crippen LogP contribution >= 0.6 is 11.6 Å². The molecule has 0 spiro atoms. The van der Waals surface area contributed by atoms with Gasteiger partial charge < -0.3 is 9.84 Å². The van der Waals surface area contributed by atoms with Crippen LogP contribution in [0.3, 0.4) is 0 Å². The Kier molecular flexibility index (Phi) is 3.30. The largest absolute Gasteiger partial charge is 0.488 e. The highest BCUT2D eigenvalue weighted by atomic mass is 35.5. The van der Waals surface area contributed by atoms with Gasteiger partial charge in [0, 0.05) is 0 Å². The molecule has 0 aliphatic heterocycles. The van der Waals surface area contributed by atoms with Gasteiger partial charge in [-0.15, -0.1) is 0 Å². The SMILES string of the molecule is CC(C)Oc1ccc(C(=O)O)nc1Cl. The van der Waals surface area contributed by atoms with E-state index >= 15 is 0 Å². The normalized spacial score (nSPS) is 10.3. The zero-order valence-corrected chi connectivity index (χ0v) is 8.58. The molecule has 4 nitrogen and oxygen atoms in total. The second-order valence-corrected chi connectivity index (χ2v) is 3.32. The average Bonchev–Trinajstić information content (AvgIpc) is 2.07. The van der Waals surface area contributed by atoms with E-state index in [0.29, 0.717) is 5.75 Å². The van der Waals surface area contributed by atoms with E-state index in [2.05, 4.69) is 4.98 Å². The second kappa shape index (κ2) is 4.28. The Morgan fingerprint density at radius 3 is 2.64 bits per heavy atom. The van der Waals surface area contributed by atoms with Gasteiger partial charge in [0.15, 0.2) is 10.9 Å². The molecule has 0 saturated heterocycles. The summed E-state index contributed by atoms with van der Waals surface area (Å²) < 4.78 is 5.29. The highest BCUT2D eigenvalue weighted by Gasteiger charge is 2.10. The number of carboxylic acid groups (broad SMARTS) is 1. The number of aromatic nitrogens is 1. The van der Waals surface area contributed by atoms with Crippen LogP contribution in [0, 0.1) is 0 Å². The highest BCUT2D eigenvalue weighted by molar-refractivity contribution is 6.31. The molecular formula is C9H10ClNO3. The number of hydrogen-bond donors (Lipinski definition) is 1. The van der Waals surface area contributed by atoms with Crippen LogP contribution in [0.2, 0.25) is 5.15 Å². The molecule has 1 heterocycles. The second-order valence-electron chi connectivity index (χ2n) is 2.96. The first-order valence-corrected chi connectivity index (χ1v) is 4.45. The van der Waals surface area contributed by atoms with E-state index in [1.54, 1.807) is 0 Å². The Morgan fingerprint density at radius 2 is 2.21 bits per heavy atom. The van der Waals surface area contributed by atoms with Crippen molar-refractivity contribution in [2.45, 2.75) is 20.0 Å². The lowest BCUT2D eigenvalue weighted by Crippen LogP contribution is -2.08. The fraction of sp³-hybridized carbons (Fsp3) is 0.333. The third-order valence-electron chi connectivity index (χ3n) is 1.40. The van der Waals surface area contributed by atoms with Gasteiger partial charge in [-0.3, -0.25) is 0 Å². The topological polar surface area (TPSA) is 59.4 Å².